The summed E-state index contributed by atoms with van der Waals surface area (Å²) in [4.78, 5) is 10.8. The number of imidazole rings is 1. The van der Waals surface area contributed by atoms with Crippen molar-refractivity contribution in [2.24, 2.45) is 7.05 Å². The smallest absolute Gasteiger partial charge is 0.182 e. The molecule has 5 heteroatoms. The summed E-state index contributed by atoms with van der Waals surface area (Å²) in [5.41, 5.74) is 1.66. The normalized spacial score (nSPS) is 10.6. The molecule has 2 aromatic heterocycles. The molecule has 5 nitrogen and oxygen atoms in total. The van der Waals surface area contributed by atoms with Crippen LogP contribution < -0.4 is 5.49 Å². The molecule has 0 saturated heterocycles. The van der Waals surface area contributed by atoms with Crippen molar-refractivity contribution >= 4 is 11.2 Å². The van der Waals surface area contributed by atoms with Crippen molar-refractivity contribution in [2.45, 2.75) is 0 Å². The lowest BCUT2D eigenvalue weighted by molar-refractivity contribution is 0.802. The Morgan fingerprint density at radius 2 is 2.36 bits per heavy atom. The first kappa shape index (κ1) is 6.09. The van der Waals surface area contributed by atoms with Gasteiger partial charge >= 0.3 is 0 Å². The van der Waals surface area contributed by atoms with Gasteiger partial charge in [0, 0.05) is 7.05 Å². The summed E-state index contributed by atoms with van der Waals surface area (Å²) in [6, 6.07) is 0. The molecule has 0 spiro atoms. The molecule has 0 aliphatic carbocycles. The predicted molar refractivity (Wildman–Crippen MR) is 38.7 cm³/mol. The average Bonchev–Trinajstić information content (AvgIpc) is 2.45. The third-order valence-corrected chi connectivity index (χ3v) is 1.56. The minimum Gasteiger partial charge on any atom is -0.340 e. The van der Waals surface area contributed by atoms with Crippen LogP contribution in [0.2, 0.25) is 0 Å². The molecule has 0 unspecified atom stereocenters. The van der Waals surface area contributed by atoms with E-state index in [9.17, 15) is 0 Å². The lowest BCUT2D eigenvalue weighted by Gasteiger charge is -1.95. The van der Waals surface area contributed by atoms with Crippen LogP contribution >= 0.6 is 0 Å². The van der Waals surface area contributed by atoms with E-state index in [0.29, 0.717) is 16.7 Å². The van der Waals surface area contributed by atoms with E-state index in [1.54, 1.807) is 17.9 Å². The molecule has 2 aromatic rings. The van der Waals surface area contributed by atoms with E-state index < -0.39 is 0 Å². The van der Waals surface area contributed by atoms with E-state index >= 15 is 0 Å². The Balaban J connectivity index is 3.05. The van der Waals surface area contributed by atoms with Crippen LogP contribution in [0.1, 0.15) is 0 Å². The number of rotatable bonds is 0. The number of nitrogens with zero attached hydrogens (tertiary/aromatic N) is 3. The Labute approximate surface area is 62.2 Å². The number of aromatic amines is 1. The molecule has 0 aliphatic rings. The summed E-state index contributed by atoms with van der Waals surface area (Å²) >= 11 is 0. The quantitative estimate of drug-likeness (QED) is 0.509. The van der Waals surface area contributed by atoms with E-state index in [1.807, 2.05) is 0 Å². The maximum atomic E-state index is 7.56. The summed E-state index contributed by atoms with van der Waals surface area (Å²) in [7, 11) is 1.77. The van der Waals surface area contributed by atoms with Crippen molar-refractivity contribution in [1.29, 1.82) is 5.41 Å². The van der Waals surface area contributed by atoms with Gasteiger partial charge in [0.1, 0.15) is 5.52 Å². The van der Waals surface area contributed by atoms with Crippen LogP contribution in [0.3, 0.4) is 0 Å². The summed E-state index contributed by atoms with van der Waals surface area (Å²) in [5.74, 6) is 0. The number of fused-ring (bicyclic) bond motifs is 1. The number of hydrogen-bond donors (Lipinski definition) is 2. The molecule has 56 valence electrons. The highest BCUT2D eigenvalue weighted by atomic mass is 15.1. The molecule has 2 rings (SSSR count). The van der Waals surface area contributed by atoms with Gasteiger partial charge in [-0.2, -0.15) is 0 Å². The molecule has 0 amide bonds. The molecular formula is C6H7N5. The van der Waals surface area contributed by atoms with Gasteiger partial charge in [-0.1, -0.05) is 0 Å². The highest BCUT2D eigenvalue weighted by Gasteiger charge is 1.98. The standard InChI is InChI=1S/C6H7N5/c1-11-3-10-6-4(5(11)7)8-2-9-6/h2-3,7H,1H3,(H,8,9)/i1+1. The zero-order valence-corrected chi connectivity index (χ0v) is 6.00. The second-order valence-corrected chi connectivity index (χ2v) is 2.31. The van der Waals surface area contributed by atoms with E-state index in [1.165, 1.54) is 6.33 Å². The summed E-state index contributed by atoms with van der Waals surface area (Å²) in [6.07, 6.45) is 3.11. The largest absolute Gasteiger partial charge is 0.340 e. The number of aromatic nitrogens is 4. The molecule has 0 aliphatic heterocycles. The monoisotopic (exact) mass is 150 g/mol. The van der Waals surface area contributed by atoms with Gasteiger partial charge in [-0.25, -0.2) is 9.97 Å². The van der Waals surface area contributed by atoms with Gasteiger partial charge in [-0.15, -0.1) is 0 Å². The van der Waals surface area contributed by atoms with Crippen LogP contribution in [0.15, 0.2) is 12.7 Å². The summed E-state index contributed by atoms with van der Waals surface area (Å²) in [6.45, 7) is 0. The van der Waals surface area contributed by atoms with Crippen molar-refractivity contribution in [2.75, 3.05) is 0 Å². The molecule has 0 fully saturated rings. The molecule has 0 saturated carbocycles. The van der Waals surface area contributed by atoms with Crippen molar-refractivity contribution in [3.8, 4) is 0 Å². The molecule has 0 bridgehead atoms. The van der Waals surface area contributed by atoms with E-state index in [0.717, 1.165) is 0 Å². The van der Waals surface area contributed by atoms with Gasteiger partial charge in [0.25, 0.3) is 0 Å². The zero-order valence-electron chi connectivity index (χ0n) is 6.00. The first-order chi connectivity index (χ1) is 5.29. The Bertz CT molecular complexity index is 437. The number of hydrogen-bond acceptors (Lipinski definition) is 3. The van der Waals surface area contributed by atoms with Gasteiger partial charge in [-0.3, -0.25) is 5.41 Å². The molecule has 11 heavy (non-hydrogen) atoms. The Morgan fingerprint density at radius 3 is 3.18 bits per heavy atom. The van der Waals surface area contributed by atoms with Crippen molar-refractivity contribution < 1.29 is 0 Å². The van der Waals surface area contributed by atoms with Gasteiger partial charge in [0.2, 0.25) is 0 Å². The van der Waals surface area contributed by atoms with Crippen LogP contribution in [0.4, 0.5) is 0 Å². The maximum Gasteiger partial charge on any atom is 0.182 e. The number of H-pyrrole nitrogens is 1. The Morgan fingerprint density at radius 1 is 1.55 bits per heavy atom. The van der Waals surface area contributed by atoms with E-state index in [4.69, 9.17) is 5.41 Å². The molecule has 0 atom stereocenters. The van der Waals surface area contributed by atoms with Gasteiger partial charge in [0.15, 0.2) is 11.1 Å². The third-order valence-electron chi connectivity index (χ3n) is 1.56. The van der Waals surface area contributed by atoms with Crippen molar-refractivity contribution in [1.82, 2.24) is 19.5 Å². The Hall–Kier alpha value is -1.65. The highest BCUT2D eigenvalue weighted by Crippen LogP contribution is 1.95. The van der Waals surface area contributed by atoms with Crippen LogP contribution in [0, 0.1) is 5.41 Å². The maximum absolute atomic E-state index is 7.56. The molecular weight excluding hydrogens is 143 g/mol. The minimum atomic E-state index is 0.396. The van der Waals surface area contributed by atoms with Crippen molar-refractivity contribution in [3.63, 3.8) is 0 Å². The summed E-state index contributed by atoms with van der Waals surface area (Å²) < 4.78 is 1.63. The molecule has 2 N–H and O–H groups in total. The Kier molecular flexibility index (Phi) is 1.06. The van der Waals surface area contributed by atoms with E-state index in [2.05, 4.69) is 15.0 Å². The topological polar surface area (TPSA) is 70.3 Å². The molecule has 2 heterocycles. The fraction of sp³-hybridized carbons (Fsp3) is 0.167. The first-order valence-electron chi connectivity index (χ1n) is 3.18. The zero-order chi connectivity index (χ0) is 7.84. The van der Waals surface area contributed by atoms with Crippen LogP contribution in [-0.2, 0) is 7.05 Å². The lowest BCUT2D eigenvalue weighted by atomic mass is 10.5. The third kappa shape index (κ3) is 0.739. The summed E-state index contributed by atoms with van der Waals surface area (Å²) in [5, 5.41) is 7.56. The minimum absolute atomic E-state index is 0.396. The van der Waals surface area contributed by atoms with Crippen LogP contribution in [0.5, 0.6) is 0 Å². The van der Waals surface area contributed by atoms with Crippen LogP contribution in [0.25, 0.3) is 11.2 Å². The fourth-order valence-electron chi connectivity index (χ4n) is 0.935. The van der Waals surface area contributed by atoms with Crippen LogP contribution in [-0.4, -0.2) is 19.5 Å². The SMILES string of the molecule is [13CH3]n1cnc2nc[nH]c2c1=N. The van der Waals surface area contributed by atoms with E-state index in [-0.39, 0.29) is 0 Å². The van der Waals surface area contributed by atoms with Crippen molar-refractivity contribution in [3.05, 3.63) is 18.1 Å². The predicted octanol–water partition coefficient (Wildman–Crippen LogP) is -0.224. The van der Waals surface area contributed by atoms with Gasteiger partial charge in [0.05, 0.1) is 12.7 Å². The fourth-order valence-corrected chi connectivity index (χ4v) is 0.935. The average molecular weight is 150 g/mol. The van der Waals surface area contributed by atoms with Gasteiger partial charge < -0.3 is 9.55 Å². The first-order valence-corrected chi connectivity index (χ1v) is 3.18. The molecule has 0 aromatic carbocycles. The highest BCUT2D eigenvalue weighted by molar-refractivity contribution is 5.67. The number of aryl methyl sites for hydroxylation is 1. The lowest BCUT2D eigenvalue weighted by Crippen LogP contribution is -2.17. The van der Waals surface area contributed by atoms with Gasteiger partial charge in [-0.05, 0) is 0 Å². The second-order valence-electron chi connectivity index (χ2n) is 2.31. The number of nitrogens with one attached hydrogen (secondary N) is 2. The second kappa shape index (κ2) is 1.91. The molecule has 0 radical (unpaired) electrons.